The van der Waals surface area contributed by atoms with Gasteiger partial charge in [-0.15, -0.1) is 0 Å². The van der Waals surface area contributed by atoms with E-state index in [1.54, 1.807) is 0 Å². The molecule has 0 bridgehead atoms. The van der Waals surface area contributed by atoms with Crippen molar-refractivity contribution < 1.29 is 14.7 Å². The lowest BCUT2D eigenvalue weighted by Gasteiger charge is -2.26. The van der Waals surface area contributed by atoms with E-state index >= 15 is 0 Å². The topological polar surface area (TPSA) is 82.1 Å². The molecule has 1 aromatic carbocycles. The minimum Gasteiger partial charge on any atom is -0.545 e. The van der Waals surface area contributed by atoms with Crippen molar-refractivity contribution in [1.29, 1.82) is 0 Å². The molecule has 0 fully saturated rings. The molecule has 3 rings (SSSR count). The number of carboxylic acid groups (broad SMARTS) is 1. The number of carboxylic acids is 1. The Bertz CT molecular complexity index is 763. The maximum atomic E-state index is 12.3. The number of benzene rings is 1. The van der Waals surface area contributed by atoms with E-state index in [2.05, 4.69) is 22.4 Å². The molecule has 1 atom stereocenters. The van der Waals surface area contributed by atoms with Crippen molar-refractivity contribution in [2.75, 3.05) is 5.75 Å². The largest absolute Gasteiger partial charge is 0.545 e. The average molecular weight is 341 g/mol. The number of carbonyl (C=O) groups excluding carboxylic acids is 2. The lowest BCUT2D eigenvalue weighted by atomic mass is 9.88. The number of rotatable bonds is 5. The number of aromatic carboxylic acids is 1. The third-order valence-corrected chi connectivity index (χ3v) is 5.04. The van der Waals surface area contributed by atoms with E-state index in [1.807, 2.05) is 12.1 Å². The molecule has 2 aromatic rings. The van der Waals surface area contributed by atoms with Crippen molar-refractivity contribution in [3.63, 3.8) is 0 Å². The summed E-state index contributed by atoms with van der Waals surface area (Å²) in [7, 11) is 0. The molecule has 1 aliphatic rings. The van der Waals surface area contributed by atoms with Crippen LogP contribution in [0.15, 0.2) is 47.6 Å². The molecule has 124 valence electrons. The molecular formula is C18H17N2O3S-. The summed E-state index contributed by atoms with van der Waals surface area (Å²) in [6.07, 6.45) is 4.51. The number of aromatic nitrogens is 1. The Labute approximate surface area is 144 Å². The SMILES string of the molecule is O=C(CSc1ncccc1C(=O)[O-])N[C@@H]1CCCc2ccccc21. The summed E-state index contributed by atoms with van der Waals surface area (Å²) in [6, 6.07) is 11.1. The van der Waals surface area contributed by atoms with Crippen LogP contribution in [0.3, 0.4) is 0 Å². The van der Waals surface area contributed by atoms with E-state index in [-0.39, 0.29) is 23.3 Å². The van der Waals surface area contributed by atoms with Gasteiger partial charge in [0.2, 0.25) is 5.91 Å². The monoisotopic (exact) mass is 341 g/mol. The second kappa shape index (κ2) is 7.49. The van der Waals surface area contributed by atoms with Crippen LogP contribution in [0.25, 0.3) is 0 Å². The van der Waals surface area contributed by atoms with Crippen LogP contribution in [0, 0.1) is 0 Å². The molecule has 1 N–H and O–H groups in total. The number of carbonyl (C=O) groups is 2. The summed E-state index contributed by atoms with van der Waals surface area (Å²) < 4.78 is 0. The minimum atomic E-state index is -1.28. The second-order valence-electron chi connectivity index (χ2n) is 5.64. The van der Waals surface area contributed by atoms with Gasteiger partial charge in [0.15, 0.2) is 0 Å². The molecular weight excluding hydrogens is 324 g/mol. The molecule has 5 nitrogen and oxygen atoms in total. The van der Waals surface area contributed by atoms with Gasteiger partial charge in [-0.3, -0.25) is 4.79 Å². The fraction of sp³-hybridized carbons (Fsp3) is 0.278. The maximum absolute atomic E-state index is 12.3. The number of hydrogen-bond donors (Lipinski definition) is 1. The number of thioether (sulfide) groups is 1. The van der Waals surface area contributed by atoms with Crippen molar-refractivity contribution in [3.8, 4) is 0 Å². The van der Waals surface area contributed by atoms with Gasteiger partial charge in [-0.1, -0.05) is 36.0 Å². The molecule has 1 aliphatic carbocycles. The van der Waals surface area contributed by atoms with Crippen molar-refractivity contribution in [3.05, 3.63) is 59.3 Å². The van der Waals surface area contributed by atoms with Gasteiger partial charge in [0.1, 0.15) is 5.03 Å². The van der Waals surface area contributed by atoms with E-state index in [4.69, 9.17) is 0 Å². The number of fused-ring (bicyclic) bond motifs is 1. The number of nitrogens with one attached hydrogen (secondary N) is 1. The number of nitrogens with zero attached hydrogens (tertiary/aromatic N) is 1. The molecule has 0 aliphatic heterocycles. The summed E-state index contributed by atoms with van der Waals surface area (Å²) in [5, 5.41) is 14.4. The van der Waals surface area contributed by atoms with Gasteiger partial charge >= 0.3 is 0 Å². The lowest BCUT2D eigenvalue weighted by Crippen LogP contribution is -2.32. The van der Waals surface area contributed by atoms with Crippen LogP contribution in [0.2, 0.25) is 0 Å². The van der Waals surface area contributed by atoms with Gasteiger partial charge in [-0.2, -0.15) is 0 Å². The number of aryl methyl sites for hydroxylation is 1. The van der Waals surface area contributed by atoms with Crippen molar-refractivity contribution in [2.45, 2.75) is 30.3 Å². The molecule has 1 amide bonds. The van der Waals surface area contributed by atoms with Crippen LogP contribution in [-0.2, 0) is 11.2 Å². The normalized spacial score (nSPS) is 16.2. The van der Waals surface area contributed by atoms with Crippen LogP contribution in [-0.4, -0.2) is 22.6 Å². The standard InChI is InChI=1S/C18H18N2O3S/c21-16(11-24-17-14(18(22)23)8-4-10-19-17)20-15-9-3-6-12-5-1-2-7-13(12)15/h1-2,4-5,7-8,10,15H,3,6,9,11H2,(H,20,21)(H,22,23)/p-1/t15-/m1/s1. The first-order valence-electron chi connectivity index (χ1n) is 7.81. The van der Waals surface area contributed by atoms with E-state index in [1.165, 1.54) is 29.5 Å². The first-order valence-corrected chi connectivity index (χ1v) is 8.80. The van der Waals surface area contributed by atoms with E-state index in [0.29, 0.717) is 5.03 Å². The lowest BCUT2D eigenvalue weighted by molar-refractivity contribution is -0.255. The third-order valence-electron chi connectivity index (χ3n) is 4.04. The van der Waals surface area contributed by atoms with Gasteiger partial charge in [-0.25, -0.2) is 4.98 Å². The Balaban J connectivity index is 1.62. The van der Waals surface area contributed by atoms with Gasteiger partial charge < -0.3 is 15.2 Å². The van der Waals surface area contributed by atoms with Crippen molar-refractivity contribution >= 4 is 23.6 Å². The first kappa shape index (κ1) is 16.5. The Morgan fingerprint density at radius 2 is 2.08 bits per heavy atom. The average Bonchev–Trinajstić information content (AvgIpc) is 2.60. The fourth-order valence-electron chi connectivity index (χ4n) is 2.93. The van der Waals surface area contributed by atoms with Crippen LogP contribution in [0.5, 0.6) is 0 Å². The molecule has 0 unspecified atom stereocenters. The van der Waals surface area contributed by atoms with Crippen LogP contribution < -0.4 is 10.4 Å². The molecule has 24 heavy (non-hydrogen) atoms. The first-order chi connectivity index (χ1) is 11.6. The zero-order chi connectivity index (χ0) is 16.9. The molecule has 1 heterocycles. The van der Waals surface area contributed by atoms with Gasteiger partial charge in [-0.05, 0) is 42.5 Å². The van der Waals surface area contributed by atoms with Crippen molar-refractivity contribution in [2.24, 2.45) is 0 Å². The van der Waals surface area contributed by atoms with E-state index in [9.17, 15) is 14.7 Å². The Morgan fingerprint density at radius 1 is 1.25 bits per heavy atom. The predicted molar refractivity (Wildman–Crippen MR) is 89.6 cm³/mol. The van der Waals surface area contributed by atoms with Gasteiger partial charge in [0, 0.05) is 11.8 Å². The highest BCUT2D eigenvalue weighted by Crippen LogP contribution is 2.29. The highest BCUT2D eigenvalue weighted by molar-refractivity contribution is 8.00. The summed E-state index contributed by atoms with van der Waals surface area (Å²) in [6.45, 7) is 0. The summed E-state index contributed by atoms with van der Waals surface area (Å²) in [4.78, 5) is 27.3. The van der Waals surface area contributed by atoms with Crippen LogP contribution in [0.1, 0.15) is 40.4 Å². The Kier molecular flexibility index (Phi) is 5.15. The molecule has 0 spiro atoms. The second-order valence-corrected chi connectivity index (χ2v) is 6.61. The highest BCUT2D eigenvalue weighted by Gasteiger charge is 2.21. The van der Waals surface area contributed by atoms with E-state index in [0.717, 1.165) is 31.0 Å². The molecule has 0 saturated carbocycles. The van der Waals surface area contributed by atoms with Crippen molar-refractivity contribution in [1.82, 2.24) is 10.3 Å². The van der Waals surface area contributed by atoms with Gasteiger partial charge in [0.05, 0.1) is 17.8 Å². The molecule has 0 saturated heterocycles. The number of hydrogen-bond acceptors (Lipinski definition) is 5. The summed E-state index contributed by atoms with van der Waals surface area (Å²) in [5.41, 5.74) is 2.47. The smallest absolute Gasteiger partial charge is 0.230 e. The quantitative estimate of drug-likeness (QED) is 0.838. The fourth-order valence-corrected chi connectivity index (χ4v) is 3.73. The van der Waals surface area contributed by atoms with Crippen LogP contribution >= 0.6 is 11.8 Å². The number of amides is 1. The summed E-state index contributed by atoms with van der Waals surface area (Å²) in [5.74, 6) is -1.29. The highest BCUT2D eigenvalue weighted by atomic mass is 32.2. The Morgan fingerprint density at radius 3 is 2.92 bits per heavy atom. The molecule has 6 heteroatoms. The van der Waals surface area contributed by atoms with E-state index < -0.39 is 5.97 Å². The maximum Gasteiger partial charge on any atom is 0.230 e. The number of pyridine rings is 1. The minimum absolute atomic E-state index is 0.0123. The third kappa shape index (κ3) is 3.76. The summed E-state index contributed by atoms with van der Waals surface area (Å²) >= 11 is 1.11. The van der Waals surface area contributed by atoms with Crippen LogP contribution in [0.4, 0.5) is 0 Å². The Hall–Kier alpha value is -2.34. The molecule has 0 radical (unpaired) electrons. The predicted octanol–water partition coefficient (Wildman–Crippen LogP) is 1.73. The van der Waals surface area contributed by atoms with Gasteiger partial charge in [0.25, 0.3) is 0 Å². The zero-order valence-electron chi connectivity index (χ0n) is 13.0. The molecule has 1 aromatic heterocycles. The zero-order valence-corrected chi connectivity index (χ0v) is 13.8.